The van der Waals surface area contributed by atoms with Gasteiger partial charge in [0.15, 0.2) is 0 Å². The molecule has 28 heavy (non-hydrogen) atoms. The number of nitrogens with zero attached hydrogens (tertiary/aromatic N) is 4. The third-order valence-corrected chi connectivity index (χ3v) is 5.40. The number of para-hydroxylation sites is 1. The maximum absolute atomic E-state index is 5.69. The summed E-state index contributed by atoms with van der Waals surface area (Å²) in [6, 6.07) is 14.5. The van der Waals surface area contributed by atoms with Gasteiger partial charge >= 0.3 is 0 Å². The minimum atomic E-state index is 0.808. The molecule has 0 aliphatic rings. The lowest BCUT2D eigenvalue weighted by atomic mass is 10.1. The van der Waals surface area contributed by atoms with Crippen LogP contribution < -0.4 is 4.74 Å². The molecule has 0 atom stereocenters. The number of ether oxygens (including phenoxy) is 1. The molecule has 0 aliphatic heterocycles. The van der Waals surface area contributed by atoms with Crippen LogP contribution in [0.3, 0.4) is 0 Å². The van der Waals surface area contributed by atoms with Crippen molar-refractivity contribution in [2.75, 3.05) is 13.4 Å². The number of hydrogen-bond donors (Lipinski definition) is 0. The van der Waals surface area contributed by atoms with Crippen molar-refractivity contribution in [2.24, 2.45) is 0 Å². The van der Waals surface area contributed by atoms with Crippen LogP contribution in [0.1, 0.15) is 11.1 Å². The van der Waals surface area contributed by atoms with E-state index < -0.39 is 0 Å². The van der Waals surface area contributed by atoms with Gasteiger partial charge in [-0.3, -0.25) is 0 Å². The highest BCUT2D eigenvalue weighted by atomic mass is 32.2. The van der Waals surface area contributed by atoms with Crippen LogP contribution >= 0.6 is 11.8 Å². The second-order valence-electron chi connectivity index (χ2n) is 6.58. The first-order valence-corrected chi connectivity index (χ1v) is 10.2. The molecule has 5 nitrogen and oxygen atoms in total. The molecule has 0 spiro atoms. The fourth-order valence-corrected chi connectivity index (χ4v) is 3.91. The molecule has 2 aromatic heterocycles. The van der Waals surface area contributed by atoms with Crippen molar-refractivity contribution in [3.8, 4) is 28.4 Å². The SMILES string of the molecule is COc1ccccc1-c1c(-n2ccnc2)c(SC)nn1-c1cc(C)ccc1C. The summed E-state index contributed by atoms with van der Waals surface area (Å²) in [4.78, 5) is 4.25. The summed E-state index contributed by atoms with van der Waals surface area (Å²) >= 11 is 1.62. The Labute approximate surface area is 169 Å². The van der Waals surface area contributed by atoms with Gasteiger partial charge in [0.05, 0.1) is 19.1 Å². The summed E-state index contributed by atoms with van der Waals surface area (Å²) in [6.07, 6.45) is 7.58. The zero-order valence-electron chi connectivity index (χ0n) is 16.4. The van der Waals surface area contributed by atoms with E-state index in [9.17, 15) is 0 Å². The lowest BCUT2D eigenvalue weighted by molar-refractivity contribution is 0.416. The summed E-state index contributed by atoms with van der Waals surface area (Å²) in [7, 11) is 1.70. The zero-order chi connectivity index (χ0) is 19.7. The smallest absolute Gasteiger partial charge is 0.143 e. The van der Waals surface area contributed by atoms with Crippen molar-refractivity contribution in [3.63, 3.8) is 0 Å². The Bertz CT molecular complexity index is 1120. The Morgan fingerprint density at radius 2 is 1.89 bits per heavy atom. The fourth-order valence-electron chi connectivity index (χ4n) is 3.36. The van der Waals surface area contributed by atoms with E-state index in [1.54, 1.807) is 25.1 Å². The molecule has 0 bridgehead atoms. The number of aromatic nitrogens is 4. The first-order valence-electron chi connectivity index (χ1n) is 9.00. The van der Waals surface area contributed by atoms with Crippen molar-refractivity contribution < 1.29 is 4.74 Å². The molecule has 142 valence electrons. The monoisotopic (exact) mass is 390 g/mol. The van der Waals surface area contributed by atoms with E-state index in [1.807, 2.05) is 46.2 Å². The third kappa shape index (κ3) is 3.10. The van der Waals surface area contributed by atoms with Gasteiger partial charge in [-0.1, -0.05) is 24.3 Å². The second kappa shape index (κ2) is 7.56. The summed E-state index contributed by atoms with van der Waals surface area (Å²) in [5.41, 5.74) is 6.37. The van der Waals surface area contributed by atoms with Crippen LogP contribution in [-0.4, -0.2) is 32.7 Å². The van der Waals surface area contributed by atoms with Crippen molar-refractivity contribution in [2.45, 2.75) is 18.9 Å². The fraction of sp³-hybridized carbons (Fsp3) is 0.182. The summed E-state index contributed by atoms with van der Waals surface area (Å²) in [5.74, 6) is 0.808. The van der Waals surface area contributed by atoms with E-state index in [0.29, 0.717) is 0 Å². The number of aryl methyl sites for hydroxylation is 2. The van der Waals surface area contributed by atoms with Crippen LogP contribution in [-0.2, 0) is 0 Å². The van der Waals surface area contributed by atoms with Gasteiger partial charge in [0.1, 0.15) is 22.2 Å². The number of thioether (sulfide) groups is 1. The number of imidazole rings is 1. The molecule has 4 rings (SSSR count). The van der Waals surface area contributed by atoms with Gasteiger partial charge in [0.2, 0.25) is 0 Å². The minimum Gasteiger partial charge on any atom is -0.496 e. The van der Waals surface area contributed by atoms with Gasteiger partial charge in [0.25, 0.3) is 0 Å². The Kier molecular flexibility index (Phi) is 4.96. The van der Waals surface area contributed by atoms with Crippen LogP contribution in [0, 0.1) is 13.8 Å². The van der Waals surface area contributed by atoms with Gasteiger partial charge in [-0.15, -0.1) is 11.8 Å². The van der Waals surface area contributed by atoms with E-state index in [4.69, 9.17) is 9.84 Å². The van der Waals surface area contributed by atoms with Crippen LogP contribution in [0.5, 0.6) is 5.75 Å². The van der Waals surface area contributed by atoms with E-state index in [2.05, 4.69) is 43.1 Å². The quantitative estimate of drug-likeness (QED) is 0.446. The molecular weight excluding hydrogens is 368 g/mol. The molecule has 0 unspecified atom stereocenters. The van der Waals surface area contributed by atoms with Crippen molar-refractivity contribution >= 4 is 11.8 Å². The summed E-state index contributed by atoms with van der Waals surface area (Å²) < 4.78 is 9.73. The maximum atomic E-state index is 5.69. The van der Waals surface area contributed by atoms with Gasteiger partial charge in [0, 0.05) is 18.0 Å². The Morgan fingerprint density at radius 3 is 2.61 bits per heavy atom. The molecule has 0 aliphatic carbocycles. The Morgan fingerprint density at radius 1 is 1.07 bits per heavy atom. The van der Waals surface area contributed by atoms with Crippen molar-refractivity contribution in [1.82, 2.24) is 19.3 Å². The standard InChI is InChI=1S/C22H22N4OS/c1-15-9-10-16(2)18(13-15)26-20(17-7-5-6-8-19(17)27-3)21(22(24-26)28-4)25-12-11-23-14-25/h5-14H,1-4H3. The van der Waals surface area contributed by atoms with Crippen molar-refractivity contribution in [1.29, 1.82) is 0 Å². The molecule has 0 saturated heterocycles. The highest BCUT2D eigenvalue weighted by molar-refractivity contribution is 7.98. The Balaban J connectivity index is 2.11. The zero-order valence-corrected chi connectivity index (χ0v) is 17.2. The molecule has 2 heterocycles. The highest BCUT2D eigenvalue weighted by Gasteiger charge is 2.24. The van der Waals surface area contributed by atoms with Crippen molar-refractivity contribution in [3.05, 3.63) is 72.3 Å². The number of methoxy groups -OCH3 is 1. The first kappa shape index (κ1) is 18.4. The summed E-state index contributed by atoms with van der Waals surface area (Å²) in [6.45, 7) is 4.21. The number of hydrogen-bond acceptors (Lipinski definition) is 4. The Hall–Kier alpha value is -2.99. The lowest BCUT2D eigenvalue weighted by Crippen LogP contribution is -2.04. The van der Waals surface area contributed by atoms with Crippen LogP contribution in [0.4, 0.5) is 0 Å². The minimum absolute atomic E-state index is 0.808. The van der Waals surface area contributed by atoms with E-state index in [-0.39, 0.29) is 0 Å². The summed E-state index contributed by atoms with van der Waals surface area (Å²) in [5, 5.41) is 5.91. The first-order chi connectivity index (χ1) is 13.6. The van der Waals surface area contributed by atoms with E-state index in [0.717, 1.165) is 39.0 Å². The van der Waals surface area contributed by atoms with Crippen LogP contribution in [0.25, 0.3) is 22.6 Å². The predicted octanol–water partition coefficient (Wildman–Crippen LogP) is 5.07. The molecule has 4 aromatic rings. The largest absolute Gasteiger partial charge is 0.496 e. The molecule has 0 radical (unpaired) electrons. The predicted molar refractivity (Wildman–Crippen MR) is 114 cm³/mol. The van der Waals surface area contributed by atoms with Gasteiger partial charge in [-0.2, -0.15) is 5.10 Å². The molecule has 2 aromatic carbocycles. The second-order valence-corrected chi connectivity index (χ2v) is 7.37. The average Bonchev–Trinajstić information content (AvgIpc) is 3.36. The molecule has 0 fully saturated rings. The van der Waals surface area contributed by atoms with Gasteiger partial charge in [-0.05, 0) is 49.4 Å². The van der Waals surface area contributed by atoms with E-state index >= 15 is 0 Å². The normalized spacial score (nSPS) is 11.0. The van der Waals surface area contributed by atoms with Gasteiger partial charge < -0.3 is 9.30 Å². The van der Waals surface area contributed by atoms with E-state index in [1.165, 1.54) is 5.56 Å². The maximum Gasteiger partial charge on any atom is 0.143 e. The number of benzene rings is 2. The number of rotatable bonds is 5. The third-order valence-electron chi connectivity index (χ3n) is 4.74. The molecule has 0 amide bonds. The molecule has 0 saturated carbocycles. The van der Waals surface area contributed by atoms with Gasteiger partial charge in [-0.25, -0.2) is 9.67 Å². The molecular formula is C22H22N4OS. The average molecular weight is 391 g/mol. The molecule has 0 N–H and O–H groups in total. The van der Waals surface area contributed by atoms with Crippen LogP contribution in [0.2, 0.25) is 0 Å². The lowest BCUT2D eigenvalue weighted by Gasteiger charge is -2.15. The van der Waals surface area contributed by atoms with Crippen LogP contribution in [0.15, 0.2) is 66.2 Å². The highest BCUT2D eigenvalue weighted by Crippen LogP contribution is 2.40. The topological polar surface area (TPSA) is 44.9 Å². The molecule has 6 heteroatoms.